The largest absolute Gasteiger partial charge is 0.382 e. The SMILES string of the molecule is Cc1cc(NC(=O)c2ccc(N)nn2)ccc1[N+](=O)[O-]. The van der Waals surface area contributed by atoms with E-state index in [4.69, 9.17) is 5.73 Å². The molecule has 0 bridgehead atoms. The van der Waals surface area contributed by atoms with Gasteiger partial charge in [-0.15, -0.1) is 10.2 Å². The molecule has 1 aromatic carbocycles. The van der Waals surface area contributed by atoms with Crippen molar-refractivity contribution in [3.8, 4) is 0 Å². The van der Waals surface area contributed by atoms with E-state index in [-0.39, 0.29) is 17.2 Å². The molecular weight excluding hydrogens is 262 g/mol. The number of carbonyl (C=O) groups excluding carboxylic acids is 1. The van der Waals surface area contributed by atoms with E-state index in [1.165, 1.54) is 30.3 Å². The molecule has 0 unspecified atom stereocenters. The van der Waals surface area contributed by atoms with Crippen molar-refractivity contribution in [3.05, 3.63) is 51.7 Å². The average Bonchev–Trinajstić information content (AvgIpc) is 2.39. The van der Waals surface area contributed by atoms with Crippen molar-refractivity contribution in [1.29, 1.82) is 0 Å². The highest BCUT2D eigenvalue weighted by Crippen LogP contribution is 2.21. The molecule has 1 aromatic heterocycles. The van der Waals surface area contributed by atoms with Gasteiger partial charge < -0.3 is 11.1 Å². The van der Waals surface area contributed by atoms with Gasteiger partial charge in [0.2, 0.25) is 0 Å². The van der Waals surface area contributed by atoms with Crippen molar-refractivity contribution < 1.29 is 9.72 Å². The molecule has 0 aliphatic carbocycles. The highest BCUT2D eigenvalue weighted by molar-refractivity contribution is 6.02. The number of nitro groups is 1. The van der Waals surface area contributed by atoms with Gasteiger partial charge in [0.05, 0.1) is 4.92 Å². The van der Waals surface area contributed by atoms with Crippen LogP contribution in [0.25, 0.3) is 0 Å². The lowest BCUT2D eigenvalue weighted by atomic mass is 10.2. The summed E-state index contributed by atoms with van der Waals surface area (Å²) in [6.07, 6.45) is 0. The van der Waals surface area contributed by atoms with Gasteiger partial charge in [0, 0.05) is 17.3 Å². The van der Waals surface area contributed by atoms with Crippen molar-refractivity contribution in [1.82, 2.24) is 10.2 Å². The summed E-state index contributed by atoms with van der Waals surface area (Å²) in [6.45, 7) is 1.59. The number of hydrogen-bond donors (Lipinski definition) is 2. The monoisotopic (exact) mass is 273 g/mol. The van der Waals surface area contributed by atoms with Crippen LogP contribution in [0.5, 0.6) is 0 Å². The first-order chi connectivity index (χ1) is 9.47. The third-order valence-electron chi connectivity index (χ3n) is 2.57. The maximum atomic E-state index is 11.9. The van der Waals surface area contributed by atoms with Gasteiger partial charge in [-0.2, -0.15) is 0 Å². The maximum Gasteiger partial charge on any atom is 0.276 e. The lowest BCUT2D eigenvalue weighted by molar-refractivity contribution is -0.385. The van der Waals surface area contributed by atoms with Gasteiger partial charge >= 0.3 is 0 Å². The van der Waals surface area contributed by atoms with Gasteiger partial charge in [-0.05, 0) is 31.2 Å². The first-order valence-corrected chi connectivity index (χ1v) is 5.63. The number of aryl methyl sites for hydroxylation is 1. The number of benzene rings is 1. The number of nitrogen functional groups attached to an aromatic ring is 1. The summed E-state index contributed by atoms with van der Waals surface area (Å²) in [5.41, 5.74) is 6.37. The normalized spacial score (nSPS) is 10.1. The van der Waals surface area contributed by atoms with Gasteiger partial charge in [0.25, 0.3) is 11.6 Å². The first kappa shape index (κ1) is 13.4. The minimum absolute atomic E-state index is 0.00437. The molecule has 0 saturated carbocycles. The second-order valence-corrected chi connectivity index (χ2v) is 4.06. The number of nitrogens with two attached hydrogens (primary N) is 1. The second-order valence-electron chi connectivity index (χ2n) is 4.06. The molecule has 0 aliphatic rings. The Kier molecular flexibility index (Phi) is 3.56. The predicted molar refractivity (Wildman–Crippen MR) is 72.2 cm³/mol. The Labute approximate surface area is 113 Å². The molecule has 0 saturated heterocycles. The molecule has 8 nitrogen and oxygen atoms in total. The molecule has 0 spiro atoms. The quantitative estimate of drug-likeness (QED) is 0.645. The number of amides is 1. The zero-order chi connectivity index (χ0) is 14.7. The Bertz CT molecular complexity index is 669. The van der Waals surface area contributed by atoms with Gasteiger partial charge in [0.1, 0.15) is 5.82 Å². The molecule has 0 atom stereocenters. The molecule has 2 aromatic rings. The molecule has 0 fully saturated rings. The Balaban J connectivity index is 2.18. The fourth-order valence-electron chi connectivity index (χ4n) is 1.60. The summed E-state index contributed by atoms with van der Waals surface area (Å²) in [4.78, 5) is 22.1. The van der Waals surface area contributed by atoms with Crippen molar-refractivity contribution in [2.75, 3.05) is 11.1 Å². The minimum atomic E-state index is -0.480. The number of nitrogens with one attached hydrogen (secondary N) is 1. The lowest BCUT2D eigenvalue weighted by Crippen LogP contribution is -2.14. The van der Waals surface area contributed by atoms with E-state index < -0.39 is 10.8 Å². The van der Waals surface area contributed by atoms with Gasteiger partial charge in [-0.1, -0.05) is 0 Å². The van der Waals surface area contributed by atoms with Crippen LogP contribution >= 0.6 is 0 Å². The average molecular weight is 273 g/mol. The molecule has 2 rings (SSSR count). The molecule has 0 radical (unpaired) electrons. The Morgan fingerprint density at radius 2 is 2.05 bits per heavy atom. The third kappa shape index (κ3) is 2.86. The molecule has 102 valence electrons. The number of anilines is 2. The van der Waals surface area contributed by atoms with Crippen molar-refractivity contribution in [2.24, 2.45) is 0 Å². The molecular formula is C12H11N5O3. The summed E-state index contributed by atoms with van der Waals surface area (Å²) in [5.74, 6) is -0.251. The number of nitro benzene ring substituents is 1. The van der Waals surface area contributed by atoms with E-state index in [0.29, 0.717) is 11.3 Å². The summed E-state index contributed by atoms with van der Waals surface area (Å²) >= 11 is 0. The smallest absolute Gasteiger partial charge is 0.276 e. The van der Waals surface area contributed by atoms with Crippen LogP contribution in [-0.4, -0.2) is 21.0 Å². The Hall–Kier alpha value is -3.03. The van der Waals surface area contributed by atoms with Gasteiger partial charge in [-0.25, -0.2) is 0 Å². The van der Waals surface area contributed by atoms with Crippen molar-refractivity contribution >= 4 is 23.1 Å². The standard InChI is InChI=1S/C12H11N5O3/c1-7-6-8(2-4-10(7)17(19)20)14-12(18)9-3-5-11(13)16-15-9/h2-6H,1H3,(H2,13,16)(H,14,18). The number of hydrogen-bond acceptors (Lipinski definition) is 6. The van der Waals surface area contributed by atoms with Gasteiger partial charge in [-0.3, -0.25) is 14.9 Å². The van der Waals surface area contributed by atoms with E-state index in [1.54, 1.807) is 6.92 Å². The Morgan fingerprint density at radius 3 is 2.60 bits per heavy atom. The summed E-state index contributed by atoms with van der Waals surface area (Å²) < 4.78 is 0. The zero-order valence-electron chi connectivity index (χ0n) is 10.5. The third-order valence-corrected chi connectivity index (χ3v) is 2.57. The summed E-state index contributed by atoms with van der Waals surface area (Å²) in [6, 6.07) is 7.20. The number of carbonyl (C=O) groups is 1. The Morgan fingerprint density at radius 1 is 1.30 bits per heavy atom. The van der Waals surface area contributed by atoms with Crippen LogP contribution in [0, 0.1) is 17.0 Å². The molecule has 8 heteroatoms. The van der Waals surface area contributed by atoms with Crippen LogP contribution in [0.3, 0.4) is 0 Å². The molecule has 3 N–H and O–H groups in total. The number of nitrogens with zero attached hydrogens (tertiary/aromatic N) is 3. The van der Waals surface area contributed by atoms with E-state index in [2.05, 4.69) is 15.5 Å². The maximum absolute atomic E-state index is 11.9. The fourth-order valence-corrected chi connectivity index (χ4v) is 1.60. The van der Waals surface area contributed by atoms with E-state index >= 15 is 0 Å². The molecule has 0 aliphatic heterocycles. The van der Waals surface area contributed by atoms with Crippen LogP contribution < -0.4 is 11.1 Å². The molecule has 1 amide bonds. The van der Waals surface area contributed by atoms with Crippen molar-refractivity contribution in [3.63, 3.8) is 0 Å². The van der Waals surface area contributed by atoms with Crippen LogP contribution in [-0.2, 0) is 0 Å². The van der Waals surface area contributed by atoms with Crippen LogP contribution in [0.4, 0.5) is 17.2 Å². The minimum Gasteiger partial charge on any atom is -0.382 e. The van der Waals surface area contributed by atoms with E-state index in [9.17, 15) is 14.9 Å². The first-order valence-electron chi connectivity index (χ1n) is 5.63. The summed E-state index contributed by atoms with van der Waals surface area (Å²) in [7, 11) is 0. The van der Waals surface area contributed by atoms with E-state index in [0.717, 1.165) is 0 Å². The second kappa shape index (κ2) is 5.31. The predicted octanol–water partition coefficient (Wildman–Crippen LogP) is 1.53. The summed E-state index contributed by atoms with van der Waals surface area (Å²) in [5, 5.41) is 20.5. The van der Waals surface area contributed by atoms with Gasteiger partial charge in [0.15, 0.2) is 5.69 Å². The van der Waals surface area contributed by atoms with E-state index in [1.807, 2.05) is 0 Å². The van der Waals surface area contributed by atoms with Crippen molar-refractivity contribution in [2.45, 2.75) is 6.92 Å². The van der Waals surface area contributed by atoms with Crippen LogP contribution in [0.1, 0.15) is 16.1 Å². The topological polar surface area (TPSA) is 124 Å². The highest BCUT2D eigenvalue weighted by atomic mass is 16.6. The fraction of sp³-hybridized carbons (Fsp3) is 0.0833. The van der Waals surface area contributed by atoms with Crippen LogP contribution in [0.2, 0.25) is 0 Å². The number of aromatic nitrogens is 2. The highest BCUT2D eigenvalue weighted by Gasteiger charge is 2.13. The lowest BCUT2D eigenvalue weighted by Gasteiger charge is -2.05. The number of rotatable bonds is 3. The molecule has 20 heavy (non-hydrogen) atoms. The zero-order valence-corrected chi connectivity index (χ0v) is 10.5. The molecule has 1 heterocycles. The van der Waals surface area contributed by atoms with Crippen LogP contribution in [0.15, 0.2) is 30.3 Å².